The van der Waals surface area contributed by atoms with Crippen molar-refractivity contribution < 1.29 is 4.79 Å². The van der Waals surface area contributed by atoms with E-state index in [-0.39, 0.29) is 5.78 Å². The molecule has 0 aliphatic heterocycles. The fraction of sp³-hybridized carbons (Fsp3) is 0.375. The first-order valence-corrected chi connectivity index (χ1v) is 3.54. The van der Waals surface area contributed by atoms with Gasteiger partial charge in [0, 0.05) is 0 Å². The van der Waals surface area contributed by atoms with Crippen LogP contribution < -0.4 is 0 Å². The monoisotopic (exact) mass is 156 g/mol. The molecule has 0 aliphatic carbocycles. The van der Waals surface area contributed by atoms with Gasteiger partial charge in [-0.2, -0.15) is 0 Å². The third-order valence-corrected chi connectivity index (χ3v) is 1.28. The molecule has 0 aromatic heterocycles. The van der Waals surface area contributed by atoms with Crippen molar-refractivity contribution >= 4 is 18.4 Å². The summed E-state index contributed by atoms with van der Waals surface area (Å²) in [5, 5.41) is 0. The molecule has 0 saturated heterocycles. The Hall–Kier alpha value is -0.500. The lowest BCUT2D eigenvalue weighted by Gasteiger charge is -1.89. The van der Waals surface area contributed by atoms with Crippen molar-refractivity contribution in [1.29, 1.82) is 0 Å². The van der Waals surface area contributed by atoms with Crippen LogP contribution in [0.3, 0.4) is 0 Å². The highest BCUT2D eigenvalue weighted by atomic mass is 32.1. The average molecular weight is 156 g/mol. The number of thiol groups is 1. The SMILES string of the molecule is CC(=O)/C(C)=C/C=C(/C)S. The number of hydrogen-bond donors (Lipinski definition) is 1. The number of allylic oxidation sites excluding steroid dienone is 4. The Kier molecular flexibility index (Phi) is 4.12. The summed E-state index contributed by atoms with van der Waals surface area (Å²) in [5.74, 6) is 0.103. The van der Waals surface area contributed by atoms with Crippen LogP contribution in [0.15, 0.2) is 22.6 Å². The molecule has 0 saturated carbocycles. The van der Waals surface area contributed by atoms with Gasteiger partial charge < -0.3 is 0 Å². The fourth-order valence-corrected chi connectivity index (χ4v) is 0.437. The van der Waals surface area contributed by atoms with Gasteiger partial charge in [-0.1, -0.05) is 12.2 Å². The minimum absolute atomic E-state index is 0.103. The number of carbonyl (C=O) groups is 1. The van der Waals surface area contributed by atoms with Gasteiger partial charge in [0.2, 0.25) is 0 Å². The van der Waals surface area contributed by atoms with Crippen molar-refractivity contribution in [3.63, 3.8) is 0 Å². The van der Waals surface area contributed by atoms with E-state index in [1.807, 2.05) is 6.92 Å². The lowest BCUT2D eigenvalue weighted by molar-refractivity contribution is -0.113. The third-order valence-electron chi connectivity index (χ3n) is 1.13. The van der Waals surface area contributed by atoms with E-state index < -0.39 is 0 Å². The first kappa shape index (κ1) is 9.50. The van der Waals surface area contributed by atoms with Crippen LogP contribution >= 0.6 is 12.6 Å². The van der Waals surface area contributed by atoms with Gasteiger partial charge in [0.05, 0.1) is 0 Å². The standard InChI is InChI=1S/C8H12OS/c1-6(8(3)9)4-5-7(2)10/h4-5,10H,1-3H3/b6-4+,7-5-. The Morgan fingerprint density at radius 3 is 2.00 bits per heavy atom. The molecule has 56 valence electrons. The average Bonchev–Trinajstić information content (AvgIpc) is 1.82. The second-order valence-electron chi connectivity index (χ2n) is 2.21. The van der Waals surface area contributed by atoms with Gasteiger partial charge in [0.15, 0.2) is 5.78 Å². The van der Waals surface area contributed by atoms with Crippen molar-refractivity contribution in [3.05, 3.63) is 22.6 Å². The van der Waals surface area contributed by atoms with Crippen LogP contribution in [-0.2, 0) is 4.79 Å². The van der Waals surface area contributed by atoms with Crippen LogP contribution in [0.5, 0.6) is 0 Å². The van der Waals surface area contributed by atoms with Crippen molar-refractivity contribution in [2.24, 2.45) is 0 Å². The van der Waals surface area contributed by atoms with Gasteiger partial charge in [-0.25, -0.2) is 0 Å². The molecular formula is C8H12OS. The molecule has 0 rings (SSSR count). The van der Waals surface area contributed by atoms with Gasteiger partial charge in [-0.3, -0.25) is 4.79 Å². The van der Waals surface area contributed by atoms with Crippen molar-refractivity contribution in [3.8, 4) is 0 Å². The van der Waals surface area contributed by atoms with Crippen molar-refractivity contribution in [1.82, 2.24) is 0 Å². The Morgan fingerprint density at radius 2 is 1.70 bits per heavy atom. The Morgan fingerprint density at radius 1 is 1.20 bits per heavy atom. The zero-order chi connectivity index (χ0) is 8.15. The maximum atomic E-state index is 10.6. The summed E-state index contributed by atoms with van der Waals surface area (Å²) in [4.78, 5) is 11.5. The zero-order valence-corrected chi connectivity index (χ0v) is 7.40. The van der Waals surface area contributed by atoms with E-state index in [1.54, 1.807) is 26.0 Å². The van der Waals surface area contributed by atoms with Gasteiger partial charge >= 0.3 is 0 Å². The minimum atomic E-state index is 0.103. The van der Waals surface area contributed by atoms with E-state index in [9.17, 15) is 4.79 Å². The number of Topliss-reactive ketones (excluding diaryl/α,β-unsaturated/α-hetero) is 1. The Balaban J connectivity index is 4.19. The topological polar surface area (TPSA) is 17.1 Å². The maximum Gasteiger partial charge on any atom is 0.155 e. The van der Waals surface area contributed by atoms with Crippen LogP contribution in [0.1, 0.15) is 20.8 Å². The van der Waals surface area contributed by atoms with Gasteiger partial charge in [0.1, 0.15) is 0 Å². The van der Waals surface area contributed by atoms with E-state index in [0.29, 0.717) is 0 Å². The molecule has 0 aromatic rings. The summed E-state index contributed by atoms with van der Waals surface area (Å²) in [6.45, 7) is 5.20. The molecule has 0 fully saturated rings. The molecule has 0 radical (unpaired) electrons. The van der Waals surface area contributed by atoms with Crippen LogP contribution in [-0.4, -0.2) is 5.78 Å². The van der Waals surface area contributed by atoms with Crippen LogP contribution in [0.4, 0.5) is 0 Å². The number of rotatable bonds is 2. The first-order valence-electron chi connectivity index (χ1n) is 3.09. The van der Waals surface area contributed by atoms with E-state index in [0.717, 1.165) is 10.5 Å². The number of ketones is 1. The molecule has 2 heteroatoms. The molecule has 0 aliphatic rings. The minimum Gasteiger partial charge on any atom is -0.295 e. The highest BCUT2D eigenvalue weighted by molar-refractivity contribution is 7.84. The zero-order valence-electron chi connectivity index (χ0n) is 6.51. The maximum absolute atomic E-state index is 10.6. The molecule has 0 unspecified atom stereocenters. The van der Waals surface area contributed by atoms with Crippen LogP contribution in [0.2, 0.25) is 0 Å². The molecule has 10 heavy (non-hydrogen) atoms. The highest BCUT2D eigenvalue weighted by Crippen LogP contribution is 2.00. The summed E-state index contributed by atoms with van der Waals surface area (Å²) >= 11 is 4.05. The largest absolute Gasteiger partial charge is 0.295 e. The summed E-state index contributed by atoms with van der Waals surface area (Å²) in [5.41, 5.74) is 0.758. The molecule has 0 spiro atoms. The predicted octanol–water partition coefficient (Wildman–Crippen LogP) is 2.36. The van der Waals surface area contributed by atoms with Crippen molar-refractivity contribution in [2.45, 2.75) is 20.8 Å². The molecular weight excluding hydrogens is 144 g/mol. The second kappa shape index (κ2) is 4.34. The second-order valence-corrected chi connectivity index (χ2v) is 2.92. The molecule has 0 N–H and O–H groups in total. The van der Waals surface area contributed by atoms with Crippen LogP contribution in [0.25, 0.3) is 0 Å². The normalized spacial score (nSPS) is 13.6. The van der Waals surface area contributed by atoms with Gasteiger partial charge in [-0.05, 0) is 31.2 Å². The Bertz CT molecular complexity index is 185. The quantitative estimate of drug-likeness (QED) is 0.369. The molecule has 0 atom stereocenters. The van der Waals surface area contributed by atoms with Gasteiger partial charge in [-0.15, -0.1) is 12.6 Å². The third kappa shape index (κ3) is 4.39. The first-order chi connectivity index (χ1) is 4.54. The lowest BCUT2D eigenvalue weighted by Crippen LogP contribution is -1.89. The highest BCUT2D eigenvalue weighted by Gasteiger charge is 1.91. The van der Waals surface area contributed by atoms with Crippen LogP contribution in [0, 0.1) is 0 Å². The number of hydrogen-bond acceptors (Lipinski definition) is 2. The molecule has 0 bridgehead atoms. The smallest absolute Gasteiger partial charge is 0.155 e. The molecule has 0 heterocycles. The summed E-state index contributed by atoms with van der Waals surface area (Å²) < 4.78 is 0. The fourth-order valence-electron chi connectivity index (χ4n) is 0.363. The lowest BCUT2D eigenvalue weighted by atomic mass is 10.2. The van der Waals surface area contributed by atoms with E-state index in [4.69, 9.17) is 0 Å². The van der Waals surface area contributed by atoms with E-state index in [1.165, 1.54) is 0 Å². The predicted molar refractivity (Wildman–Crippen MR) is 47.2 cm³/mol. The summed E-state index contributed by atoms with van der Waals surface area (Å²) in [7, 11) is 0. The van der Waals surface area contributed by atoms with Crippen molar-refractivity contribution in [2.75, 3.05) is 0 Å². The summed E-state index contributed by atoms with van der Waals surface area (Å²) in [6, 6.07) is 0. The van der Waals surface area contributed by atoms with Gasteiger partial charge in [0.25, 0.3) is 0 Å². The number of carbonyl (C=O) groups excluding carboxylic acids is 1. The van der Waals surface area contributed by atoms with E-state index in [2.05, 4.69) is 12.6 Å². The van der Waals surface area contributed by atoms with E-state index >= 15 is 0 Å². The molecule has 0 aromatic carbocycles. The Labute approximate surface area is 67.2 Å². The molecule has 0 amide bonds. The molecule has 1 nitrogen and oxygen atoms in total. The summed E-state index contributed by atoms with van der Waals surface area (Å²) in [6.07, 6.45) is 3.57.